The van der Waals surface area contributed by atoms with Gasteiger partial charge in [-0.15, -0.1) is 6.58 Å². The topological polar surface area (TPSA) is 49.3 Å². The van der Waals surface area contributed by atoms with Crippen molar-refractivity contribution < 1.29 is 9.90 Å². The Kier molecular flexibility index (Phi) is 5.00. The molecule has 0 unspecified atom stereocenters. The zero-order valence-electron chi connectivity index (χ0n) is 10.2. The molecule has 1 fully saturated rings. The standard InChI is InChI=1S/C13H23NO2/c1-3-5-12(15)14-10-13(16)8-6-11(4-2)7-9-13/h3,11,16H,1,4-10H2,2H3,(H,14,15). The largest absolute Gasteiger partial charge is 0.388 e. The van der Waals surface area contributed by atoms with Crippen LogP contribution < -0.4 is 5.32 Å². The van der Waals surface area contributed by atoms with Crippen LogP contribution in [0.1, 0.15) is 45.4 Å². The second-order valence-corrected chi connectivity index (χ2v) is 4.85. The van der Waals surface area contributed by atoms with Gasteiger partial charge in [-0.1, -0.05) is 19.4 Å². The molecule has 3 heteroatoms. The molecule has 1 rings (SSSR count). The van der Waals surface area contributed by atoms with Gasteiger partial charge in [0.25, 0.3) is 0 Å². The fraction of sp³-hybridized carbons (Fsp3) is 0.769. The Morgan fingerprint density at radius 2 is 2.19 bits per heavy atom. The number of hydrogen-bond donors (Lipinski definition) is 2. The van der Waals surface area contributed by atoms with Crippen LogP contribution in [-0.4, -0.2) is 23.2 Å². The Bertz CT molecular complexity index is 242. The lowest BCUT2D eigenvalue weighted by atomic mass is 9.78. The molecule has 3 nitrogen and oxygen atoms in total. The van der Waals surface area contributed by atoms with Crippen molar-refractivity contribution in [2.24, 2.45) is 5.92 Å². The number of nitrogens with one attached hydrogen (secondary N) is 1. The van der Waals surface area contributed by atoms with E-state index < -0.39 is 5.60 Å². The second kappa shape index (κ2) is 6.04. The molecule has 0 atom stereocenters. The lowest BCUT2D eigenvalue weighted by molar-refractivity contribution is -0.122. The van der Waals surface area contributed by atoms with Gasteiger partial charge in [-0.05, 0) is 31.6 Å². The summed E-state index contributed by atoms with van der Waals surface area (Å²) in [6.07, 6.45) is 6.86. The summed E-state index contributed by atoms with van der Waals surface area (Å²) in [7, 11) is 0. The van der Waals surface area contributed by atoms with Crippen LogP contribution in [0, 0.1) is 5.92 Å². The molecular formula is C13H23NO2. The summed E-state index contributed by atoms with van der Waals surface area (Å²) < 4.78 is 0. The highest BCUT2D eigenvalue weighted by molar-refractivity contribution is 5.77. The predicted molar refractivity (Wildman–Crippen MR) is 65.0 cm³/mol. The summed E-state index contributed by atoms with van der Waals surface area (Å²) in [5.41, 5.74) is -0.678. The van der Waals surface area contributed by atoms with Crippen molar-refractivity contribution in [3.05, 3.63) is 12.7 Å². The van der Waals surface area contributed by atoms with Crippen molar-refractivity contribution in [1.29, 1.82) is 0 Å². The SMILES string of the molecule is C=CCC(=O)NCC1(O)CCC(CC)CC1. The van der Waals surface area contributed by atoms with Crippen LogP contribution in [0.4, 0.5) is 0 Å². The average Bonchev–Trinajstić information content (AvgIpc) is 2.28. The molecule has 0 aromatic carbocycles. The van der Waals surface area contributed by atoms with Crippen molar-refractivity contribution in [3.8, 4) is 0 Å². The van der Waals surface area contributed by atoms with Gasteiger partial charge < -0.3 is 10.4 Å². The molecule has 92 valence electrons. The molecule has 1 amide bonds. The highest BCUT2D eigenvalue weighted by Crippen LogP contribution is 2.33. The Balaban J connectivity index is 2.30. The number of hydrogen-bond acceptors (Lipinski definition) is 2. The summed E-state index contributed by atoms with van der Waals surface area (Å²) in [5, 5.41) is 13.0. The molecule has 0 heterocycles. The number of rotatable bonds is 5. The van der Waals surface area contributed by atoms with E-state index in [1.54, 1.807) is 6.08 Å². The maximum atomic E-state index is 11.3. The fourth-order valence-electron chi connectivity index (χ4n) is 2.27. The summed E-state index contributed by atoms with van der Waals surface area (Å²) in [6, 6.07) is 0. The molecule has 2 N–H and O–H groups in total. The summed E-state index contributed by atoms with van der Waals surface area (Å²) in [6.45, 7) is 6.09. The Morgan fingerprint density at radius 3 is 2.69 bits per heavy atom. The monoisotopic (exact) mass is 225 g/mol. The number of carbonyl (C=O) groups is 1. The van der Waals surface area contributed by atoms with E-state index in [-0.39, 0.29) is 5.91 Å². The highest BCUT2D eigenvalue weighted by Gasteiger charge is 2.32. The third kappa shape index (κ3) is 3.97. The summed E-state index contributed by atoms with van der Waals surface area (Å²) >= 11 is 0. The molecule has 1 aliphatic rings. The smallest absolute Gasteiger partial charge is 0.223 e. The lowest BCUT2D eigenvalue weighted by Gasteiger charge is -2.35. The van der Waals surface area contributed by atoms with E-state index in [1.807, 2.05) is 0 Å². The second-order valence-electron chi connectivity index (χ2n) is 4.85. The number of carbonyl (C=O) groups excluding carboxylic acids is 1. The molecule has 1 aliphatic carbocycles. The first kappa shape index (κ1) is 13.2. The first-order valence-corrected chi connectivity index (χ1v) is 6.19. The first-order valence-electron chi connectivity index (χ1n) is 6.19. The van der Waals surface area contributed by atoms with Crippen LogP contribution in [0.2, 0.25) is 0 Å². The Hall–Kier alpha value is -0.830. The van der Waals surface area contributed by atoms with Crippen molar-refractivity contribution in [2.45, 2.75) is 51.0 Å². The highest BCUT2D eigenvalue weighted by atomic mass is 16.3. The van der Waals surface area contributed by atoms with Gasteiger partial charge >= 0.3 is 0 Å². The lowest BCUT2D eigenvalue weighted by Crippen LogP contribution is -2.45. The quantitative estimate of drug-likeness (QED) is 0.703. The van der Waals surface area contributed by atoms with Gasteiger partial charge in [0.05, 0.1) is 5.60 Å². The maximum Gasteiger partial charge on any atom is 0.223 e. The molecule has 0 radical (unpaired) electrons. The number of aliphatic hydroxyl groups is 1. The fourth-order valence-corrected chi connectivity index (χ4v) is 2.27. The molecule has 0 bridgehead atoms. The van der Waals surface area contributed by atoms with Crippen LogP contribution >= 0.6 is 0 Å². The van der Waals surface area contributed by atoms with Gasteiger partial charge in [-0.3, -0.25) is 4.79 Å². The first-order chi connectivity index (χ1) is 7.59. The normalized spacial score (nSPS) is 29.8. The van der Waals surface area contributed by atoms with Crippen LogP contribution in [0.5, 0.6) is 0 Å². The molecule has 16 heavy (non-hydrogen) atoms. The maximum absolute atomic E-state index is 11.3. The molecular weight excluding hydrogens is 202 g/mol. The van der Waals surface area contributed by atoms with Gasteiger partial charge in [0.15, 0.2) is 0 Å². The zero-order chi connectivity index (χ0) is 12.0. The minimum atomic E-state index is -0.678. The van der Waals surface area contributed by atoms with E-state index in [2.05, 4.69) is 18.8 Å². The van der Waals surface area contributed by atoms with Crippen LogP contribution in [-0.2, 0) is 4.79 Å². The van der Waals surface area contributed by atoms with Crippen LogP contribution in [0.15, 0.2) is 12.7 Å². The van der Waals surface area contributed by atoms with Gasteiger partial charge in [-0.2, -0.15) is 0 Å². The minimum Gasteiger partial charge on any atom is -0.388 e. The van der Waals surface area contributed by atoms with E-state index in [0.717, 1.165) is 31.6 Å². The molecule has 0 aliphatic heterocycles. The Morgan fingerprint density at radius 1 is 1.56 bits per heavy atom. The van der Waals surface area contributed by atoms with E-state index >= 15 is 0 Å². The van der Waals surface area contributed by atoms with E-state index in [4.69, 9.17) is 0 Å². The molecule has 0 spiro atoms. The van der Waals surface area contributed by atoms with E-state index in [0.29, 0.717) is 13.0 Å². The van der Waals surface area contributed by atoms with Crippen LogP contribution in [0.25, 0.3) is 0 Å². The van der Waals surface area contributed by atoms with E-state index in [9.17, 15) is 9.90 Å². The number of amides is 1. The van der Waals surface area contributed by atoms with Gasteiger partial charge in [0.1, 0.15) is 0 Å². The third-order valence-electron chi connectivity index (χ3n) is 3.56. The molecule has 0 saturated heterocycles. The molecule has 1 saturated carbocycles. The van der Waals surface area contributed by atoms with Crippen molar-refractivity contribution in [3.63, 3.8) is 0 Å². The Labute approximate surface area is 97.9 Å². The van der Waals surface area contributed by atoms with Gasteiger partial charge in [0, 0.05) is 13.0 Å². The summed E-state index contributed by atoms with van der Waals surface area (Å²) in [5.74, 6) is 0.699. The average molecular weight is 225 g/mol. The van der Waals surface area contributed by atoms with Gasteiger partial charge in [0.2, 0.25) is 5.91 Å². The summed E-state index contributed by atoms with van der Waals surface area (Å²) in [4.78, 5) is 11.3. The van der Waals surface area contributed by atoms with Crippen LogP contribution in [0.3, 0.4) is 0 Å². The van der Waals surface area contributed by atoms with Crippen molar-refractivity contribution in [1.82, 2.24) is 5.32 Å². The van der Waals surface area contributed by atoms with Crippen molar-refractivity contribution in [2.75, 3.05) is 6.54 Å². The van der Waals surface area contributed by atoms with Crippen molar-refractivity contribution >= 4 is 5.91 Å². The van der Waals surface area contributed by atoms with E-state index in [1.165, 1.54) is 6.42 Å². The predicted octanol–water partition coefficient (Wildman–Crippen LogP) is 2.01. The molecule has 0 aromatic heterocycles. The molecule has 0 aromatic rings. The zero-order valence-corrected chi connectivity index (χ0v) is 10.2. The third-order valence-corrected chi connectivity index (χ3v) is 3.56. The minimum absolute atomic E-state index is 0.0546. The van der Waals surface area contributed by atoms with Gasteiger partial charge in [-0.25, -0.2) is 0 Å².